The minimum absolute atomic E-state index is 0.237. The SMILES string of the molecule is Cc1cc(Br)c(S(=O)(=O)N2CCCCC2C(N)=S)cc1Br. The molecule has 8 heteroatoms. The summed E-state index contributed by atoms with van der Waals surface area (Å²) in [6.07, 6.45) is 2.44. The molecule has 0 spiro atoms. The Morgan fingerprint density at radius 2 is 2.00 bits per heavy atom. The van der Waals surface area contributed by atoms with Crippen LogP contribution in [0.15, 0.2) is 26.0 Å². The number of aryl methyl sites for hydroxylation is 1. The molecule has 1 aliphatic heterocycles. The van der Waals surface area contributed by atoms with Crippen molar-refractivity contribution in [3.05, 3.63) is 26.6 Å². The maximum absolute atomic E-state index is 12.9. The Hall–Kier alpha value is -0.0200. The van der Waals surface area contributed by atoms with Crippen LogP contribution in [-0.4, -0.2) is 30.3 Å². The monoisotopic (exact) mass is 454 g/mol. The van der Waals surface area contributed by atoms with E-state index in [9.17, 15) is 8.42 Å². The fourth-order valence-electron chi connectivity index (χ4n) is 2.43. The first kappa shape index (κ1) is 17.3. The molecule has 1 atom stereocenters. The van der Waals surface area contributed by atoms with Crippen molar-refractivity contribution < 1.29 is 8.42 Å². The van der Waals surface area contributed by atoms with Gasteiger partial charge in [0, 0.05) is 15.5 Å². The van der Waals surface area contributed by atoms with Gasteiger partial charge in [-0.3, -0.25) is 0 Å². The lowest BCUT2D eigenvalue weighted by molar-refractivity contribution is 0.306. The van der Waals surface area contributed by atoms with Gasteiger partial charge >= 0.3 is 0 Å². The van der Waals surface area contributed by atoms with Crippen LogP contribution in [0, 0.1) is 6.92 Å². The molecule has 1 aliphatic rings. The Labute approximate surface area is 147 Å². The van der Waals surface area contributed by atoms with Crippen molar-refractivity contribution in [2.45, 2.75) is 37.1 Å². The van der Waals surface area contributed by atoms with Crippen LogP contribution in [0.5, 0.6) is 0 Å². The number of nitrogens with zero attached hydrogens (tertiary/aromatic N) is 1. The molecule has 1 fully saturated rings. The number of sulfonamides is 1. The number of nitrogens with two attached hydrogens (primary N) is 1. The summed E-state index contributed by atoms with van der Waals surface area (Å²) >= 11 is 11.8. The number of thiocarbonyl (C=S) groups is 1. The van der Waals surface area contributed by atoms with Gasteiger partial charge in [0.25, 0.3) is 0 Å². The molecule has 2 rings (SSSR count). The maximum atomic E-state index is 12.9. The van der Waals surface area contributed by atoms with Crippen LogP contribution in [-0.2, 0) is 10.0 Å². The lowest BCUT2D eigenvalue weighted by Gasteiger charge is -2.34. The van der Waals surface area contributed by atoms with Crippen LogP contribution in [0.25, 0.3) is 0 Å². The van der Waals surface area contributed by atoms with E-state index < -0.39 is 16.1 Å². The number of rotatable bonds is 3. The molecular formula is C13H16Br2N2O2S2. The van der Waals surface area contributed by atoms with Gasteiger partial charge in [-0.2, -0.15) is 4.31 Å². The van der Waals surface area contributed by atoms with Crippen molar-refractivity contribution in [2.24, 2.45) is 5.73 Å². The second-order valence-corrected chi connectivity index (χ2v) is 9.10. The van der Waals surface area contributed by atoms with Crippen LogP contribution in [0.2, 0.25) is 0 Å². The van der Waals surface area contributed by atoms with Gasteiger partial charge in [0.05, 0.1) is 15.9 Å². The van der Waals surface area contributed by atoms with Gasteiger partial charge in [0.2, 0.25) is 10.0 Å². The first-order chi connectivity index (χ1) is 9.75. The average molecular weight is 456 g/mol. The number of hydrogen-bond acceptors (Lipinski definition) is 3. The predicted molar refractivity (Wildman–Crippen MR) is 94.9 cm³/mol. The Balaban J connectivity index is 2.50. The molecular weight excluding hydrogens is 440 g/mol. The molecule has 0 bridgehead atoms. The molecule has 1 aromatic rings. The van der Waals surface area contributed by atoms with Gasteiger partial charge in [-0.15, -0.1) is 0 Å². The average Bonchev–Trinajstić information content (AvgIpc) is 2.42. The Bertz CT molecular complexity index is 677. The number of benzene rings is 1. The second kappa shape index (κ2) is 6.62. The largest absolute Gasteiger partial charge is 0.392 e. The zero-order valence-corrected chi connectivity index (χ0v) is 16.3. The number of halogens is 2. The molecule has 0 radical (unpaired) electrons. The third-order valence-corrected chi connectivity index (χ3v) is 7.57. The van der Waals surface area contributed by atoms with E-state index >= 15 is 0 Å². The van der Waals surface area contributed by atoms with Gasteiger partial charge in [-0.1, -0.05) is 34.6 Å². The molecule has 21 heavy (non-hydrogen) atoms. The molecule has 0 saturated carbocycles. The van der Waals surface area contributed by atoms with Crippen molar-refractivity contribution in [3.8, 4) is 0 Å². The highest BCUT2D eigenvalue weighted by atomic mass is 79.9. The minimum Gasteiger partial charge on any atom is -0.392 e. The van der Waals surface area contributed by atoms with Crippen molar-refractivity contribution in [3.63, 3.8) is 0 Å². The molecule has 0 amide bonds. The lowest BCUT2D eigenvalue weighted by atomic mass is 10.1. The Kier molecular flexibility index (Phi) is 5.46. The molecule has 1 aromatic carbocycles. The zero-order chi connectivity index (χ0) is 15.8. The molecule has 4 nitrogen and oxygen atoms in total. The molecule has 1 heterocycles. The smallest absolute Gasteiger partial charge is 0.244 e. The number of hydrogen-bond donors (Lipinski definition) is 1. The summed E-state index contributed by atoms with van der Waals surface area (Å²) in [7, 11) is -3.64. The molecule has 116 valence electrons. The van der Waals surface area contributed by atoms with E-state index in [-0.39, 0.29) is 9.88 Å². The molecule has 0 aliphatic carbocycles. The molecule has 2 N–H and O–H groups in total. The first-order valence-corrected chi connectivity index (χ1v) is 9.95. The minimum atomic E-state index is -3.64. The highest BCUT2D eigenvalue weighted by molar-refractivity contribution is 9.11. The van der Waals surface area contributed by atoms with Crippen LogP contribution in [0.3, 0.4) is 0 Å². The van der Waals surface area contributed by atoms with Gasteiger partial charge in [-0.25, -0.2) is 8.42 Å². The van der Waals surface area contributed by atoms with E-state index in [1.54, 1.807) is 12.1 Å². The summed E-state index contributed by atoms with van der Waals surface area (Å²) in [6.45, 7) is 2.35. The fraction of sp³-hybridized carbons (Fsp3) is 0.462. The van der Waals surface area contributed by atoms with Crippen LogP contribution < -0.4 is 5.73 Å². The summed E-state index contributed by atoms with van der Waals surface area (Å²) < 4.78 is 28.6. The van der Waals surface area contributed by atoms with E-state index in [0.717, 1.165) is 22.9 Å². The maximum Gasteiger partial charge on any atom is 0.244 e. The van der Waals surface area contributed by atoms with Gasteiger partial charge in [-0.05, 0) is 53.4 Å². The summed E-state index contributed by atoms with van der Waals surface area (Å²) in [4.78, 5) is 0.476. The van der Waals surface area contributed by atoms with Crippen LogP contribution in [0.4, 0.5) is 0 Å². The van der Waals surface area contributed by atoms with Crippen LogP contribution >= 0.6 is 44.1 Å². The third-order valence-electron chi connectivity index (χ3n) is 3.58. The van der Waals surface area contributed by atoms with Gasteiger partial charge < -0.3 is 5.73 Å². The van der Waals surface area contributed by atoms with E-state index in [0.29, 0.717) is 17.4 Å². The standard InChI is InChI=1S/C13H16Br2N2O2S2/c1-8-6-10(15)12(7-9(8)14)21(18,19)17-5-3-2-4-11(17)13(16)20/h6-7,11H,2-5H2,1H3,(H2,16,20). The van der Waals surface area contributed by atoms with Crippen LogP contribution in [0.1, 0.15) is 24.8 Å². The third kappa shape index (κ3) is 3.50. The highest BCUT2D eigenvalue weighted by Gasteiger charge is 2.36. The molecule has 1 saturated heterocycles. The summed E-state index contributed by atoms with van der Waals surface area (Å²) in [6, 6.07) is 3.02. The summed E-state index contributed by atoms with van der Waals surface area (Å²) in [5.41, 5.74) is 6.69. The van der Waals surface area contributed by atoms with Gasteiger partial charge in [0.15, 0.2) is 0 Å². The normalized spacial score (nSPS) is 20.4. The van der Waals surface area contributed by atoms with E-state index in [1.807, 2.05) is 6.92 Å². The van der Waals surface area contributed by atoms with Crippen molar-refractivity contribution in [2.75, 3.05) is 6.54 Å². The van der Waals surface area contributed by atoms with Crippen molar-refractivity contribution >= 4 is 59.1 Å². The topological polar surface area (TPSA) is 63.4 Å². The fourth-order valence-corrected chi connectivity index (χ4v) is 6.06. The first-order valence-electron chi connectivity index (χ1n) is 6.52. The lowest BCUT2D eigenvalue weighted by Crippen LogP contribution is -2.49. The Morgan fingerprint density at radius 3 is 2.62 bits per heavy atom. The predicted octanol–water partition coefficient (Wildman–Crippen LogP) is 3.35. The molecule has 1 unspecified atom stereocenters. The van der Waals surface area contributed by atoms with E-state index in [4.69, 9.17) is 18.0 Å². The quantitative estimate of drug-likeness (QED) is 0.709. The van der Waals surface area contributed by atoms with Crippen molar-refractivity contribution in [1.82, 2.24) is 4.31 Å². The Morgan fingerprint density at radius 1 is 1.33 bits per heavy atom. The van der Waals surface area contributed by atoms with Gasteiger partial charge in [0.1, 0.15) is 0 Å². The number of piperidine rings is 1. The van der Waals surface area contributed by atoms with E-state index in [1.165, 1.54) is 4.31 Å². The summed E-state index contributed by atoms with van der Waals surface area (Å²) in [5.74, 6) is 0. The van der Waals surface area contributed by atoms with E-state index in [2.05, 4.69) is 31.9 Å². The van der Waals surface area contributed by atoms with Crippen molar-refractivity contribution in [1.29, 1.82) is 0 Å². The second-order valence-electron chi connectivity index (χ2n) is 5.06. The zero-order valence-electron chi connectivity index (χ0n) is 11.5. The highest BCUT2D eigenvalue weighted by Crippen LogP contribution is 2.33. The molecule has 0 aromatic heterocycles. The summed E-state index contributed by atoms with van der Waals surface area (Å²) in [5, 5.41) is 0.